The molecule has 1 fully saturated rings. The van der Waals surface area contributed by atoms with Gasteiger partial charge in [0, 0.05) is 37.1 Å². The maximum Gasteiger partial charge on any atom is 0.300 e. The van der Waals surface area contributed by atoms with E-state index in [9.17, 15) is 14.7 Å². The van der Waals surface area contributed by atoms with Gasteiger partial charge in [0.2, 0.25) is 0 Å². The van der Waals surface area contributed by atoms with Crippen LogP contribution < -0.4 is 24.0 Å². The highest BCUT2D eigenvalue weighted by atomic mass is 35.5. The minimum absolute atomic E-state index is 0.0568. The van der Waals surface area contributed by atoms with E-state index < -0.39 is 17.7 Å². The van der Waals surface area contributed by atoms with Crippen LogP contribution in [0.1, 0.15) is 17.2 Å². The number of Topliss-reactive ketones (excluding diaryl/α,β-unsaturated/α-hetero) is 1. The number of nitrogens with zero attached hydrogens (tertiary/aromatic N) is 2. The number of ether oxygens (including phenoxy) is 3. The van der Waals surface area contributed by atoms with Crippen LogP contribution in [0.2, 0.25) is 5.02 Å². The van der Waals surface area contributed by atoms with Crippen molar-refractivity contribution in [2.24, 2.45) is 0 Å². The lowest BCUT2D eigenvalue weighted by atomic mass is 9.95. The van der Waals surface area contributed by atoms with Crippen LogP contribution >= 0.6 is 11.6 Å². The zero-order valence-corrected chi connectivity index (χ0v) is 21.9. The van der Waals surface area contributed by atoms with Crippen molar-refractivity contribution in [1.29, 1.82) is 0 Å². The number of carbonyl (C=O) groups excluding carboxylic acids is 2. The summed E-state index contributed by atoms with van der Waals surface area (Å²) in [4.78, 5) is 30.1. The van der Waals surface area contributed by atoms with E-state index in [0.717, 1.165) is 5.69 Å². The summed E-state index contributed by atoms with van der Waals surface area (Å²) in [6.45, 7) is 0. The summed E-state index contributed by atoms with van der Waals surface area (Å²) in [5.41, 5.74) is 2.22. The van der Waals surface area contributed by atoms with Gasteiger partial charge in [0.1, 0.15) is 11.5 Å². The fourth-order valence-corrected chi connectivity index (χ4v) is 4.57. The summed E-state index contributed by atoms with van der Waals surface area (Å²) in [7, 11) is 8.31. The molecule has 1 aliphatic heterocycles. The van der Waals surface area contributed by atoms with E-state index in [-0.39, 0.29) is 21.9 Å². The van der Waals surface area contributed by atoms with Crippen molar-refractivity contribution in [1.82, 2.24) is 0 Å². The van der Waals surface area contributed by atoms with Crippen molar-refractivity contribution in [3.8, 4) is 17.2 Å². The standard InChI is InChI=1S/C28H27ClN2O6/c1-30(2)18-9-6-16(7-10-18)25-24(26(32)17-8-12-21(35-3)20(29)14-17)27(33)28(34)31(25)19-11-13-22(36-4)23(15-19)37-5/h6-15,25,32H,1-5H3/b26-24+. The zero-order chi connectivity index (χ0) is 26.9. The van der Waals surface area contributed by atoms with Gasteiger partial charge in [-0.2, -0.15) is 0 Å². The van der Waals surface area contributed by atoms with Gasteiger partial charge in [-0.05, 0) is 48.0 Å². The molecule has 4 rings (SSSR count). The van der Waals surface area contributed by atoms with E-state index in [1.807, 2.05) is 43.3 Å². The number of anilines is 2. The largest absolute Gasteiger partial charge is 0.507 e. The molecule has 1 aliphatic rings. The summed E-state index contributed by atoms with van der Waals surface area (Å²) in [6.07, 6.45) is 0. The number of aliphatic hydroxyl groups is 1. The minimum atomic E-state index is -0.907. The monoisotopic (exact) mass is 522 g/mol. The summed E-state index contributed by atoms with van der Waals surface area (Å²) in [5, 5.41) is 11.6. The first-order valence-corrected chi connectivity index (χ1v) is 11.7. The molecule has 1 saturated heterocycles. The lowest BCUT2D eigenvalue weighted by Crippen LogP contribution is -2.29. The maximum atomic E-state index is 13.4. The van der Waals surface area contributed by atoms with E-state index in [2.05, 4.69) is 0 Å². The van der Waals surface area contributed by atoms with Gasteiger partial charge in [0.25, 0.3) is 11.7 Å². The second-order valence-electron chi connectivity index (χ2n) is 8.54. The SMILES string of the molecule is COc1ccc(/C(O)=C2\C(=O)C(=O)N(c3ccc(OC)c(OC)c3)C2c2ccc(N(C)C)cc2)cc1Cl. The molecule has 0 bridgehead atoms. The van der Waals surface area contributed by atoms with Crippen LogP contribution in [0.3, 0.4) is 0 Å². The average molecular weight is 523 g/mol. The molecule has 3 aromatic rings. The minimum Gasteiger partial charge on any atom is -0.507 e. The molecule has 1 heterocycles. The number of hydrogen-bond donors (Lipinski definition) is 1. The van der Waals surface area contributed by atoms with Gasteiger partial charge < -0.3 is 24.2 Å². The first-order valence-electron chi connectivity index (χ1n) is 11.4. The van der Waals surface area contributed by atoms with Gasteiger partial charge in [0.15, 0.2) is 11.5 Å². The Bertz CT molecular complexity index is 1380. The van der Waals surface area contributed by atoms with Gasteiger partial charge in [0.05, 0.1) is 38.0 Å². The fourth-order valence-electron chi connectivity index (χ4n) is 4.31. The van der Waals surface area contributed by atoms with Crippen LogP contribution in [-0.4, -0.2) is 52.2 Å². The van der Waals surface area contributed by atoms with Crippen LogP contribution in [0.5, 0.6) is 17.2 Å². The Labute approximate surface area is 220 Å². The molecular weight excluding hydrogens is 496 g/mol. The number of benzene rings is 3. The number of ketones is 1. The Kier molecular flexibility index (Phi) is 7.31. The molecule has 1 N–H and O–H groups in total. The van der Waals surface area contributed by atoms with Crippen LogP contribution in [0, 0.1) is 0 Å². The van der Waals surface area contributed by atoms with Gasteiger partial charge in [-0.15, -0.1) is 0 Å². The number of methoxy groups -OCH3 is 3. The number of amides is 1. The molecule has 0 spiro atoms. The molecule has 8 nitrogen and oxygen atoms in total. The lowest BCUT2D eigenvalue weighted by molar-refractivity contribution is -0.132. The van der Waals surface area contributed by atoms with Crippen LogP contribution in [-0.2, 0) is 9.59 Å². The summed E-state index contributed by atoms with van der Waals surface area (Å²) in [6, 6.07) is 16.1. The number of halogens is 1. The molecule has 0 saturated carbocycles. The summed E-state index contributed by atoms with van der Waals surface area (Å²) in [5.74, 6) is -0.656. The molecule has 1 amide bonds. The third kappa shape index (κ3) is 4.68. The molecule has 0 radical (unpaired) electrons. The van der Waals surface area contributed by atoms with E-state index in [4.69, 9.17) is 25.8 Å². The second-order valence-corrected chi connectivity index (χ2v) is 8.95. The highest BCUT2D eigenvalue weighted by Gasteiger charge is 2.47. The Morgan fingerprint density at radius 1 is 0.865 bits per heavy atom. The van der Waals surface area contributed by atoms with Gasteiger partial charge in [-0.3, -0.25) is 14.5 Å². The van der Waals surface area contributed by atoms with Crippen LogP contribution in [0.15, 0.2) is 66.2 Å². The van der Waals surface area contributed by atoms with E-state index in [0.29, 0.717) is 28.5 Å². The van der Waals surface area contributed by atoms with Crippen LogP contribution in [0.4, 0.5) is 11.4 Å². The van der Waals surface area contributed by atoms with E-state index >= 15 is 0 Å². The molecular formula is C28H27ClN2O6. The Hall–Kier alpha value is -4.17. The third-order valence-corrected chi connectivity index (χ3v) is 6.54. The Balaban J connectivity index is 1.94. The molecule has 192 valence electrons. The van der Waals surface area contributed by atoms with Crippen LogP contribution in [0.25, 0.3) is 5.76 Å². The first-order chi connectivity index (χ1) is 17.7. The first kappa shape index (κ1) is 25.9. The molecule has 0 aromatic heterocycles. The van der Waals surface area contributed by atoms with Crippen molar-refractivity contribution in [3.63, 3.8) is 0 Å². The molecule has 0 aliphatic carbocycles. The second kappa shape index (κ2) is 10.4. The number of aliphatic hydroxyl groups excluding tert-OH is 1. The highest BCUT2D eigenvalue weighted by Crippen LogP contribution is 2.44. The van der Waals surface area contributed by atoms with Crippen molar-refractivity contribution >= 4 is 40.4 Å². The van der Waals surface area contributed by atoms with Gasteiger partial charge in [-0.25, -0.2) is 0 Å². The molecule has 1 unspecified atom stereocenters. The van der Waals surface area contributed by atoms with Crippen molar-refractivity contribution in [2.75, 3.05) is 45.2 Å². The van der Waals surface area contributed by atoms with E-state index in [1.54, 1.807) is 30.3 Å². The smallest absolute Gasteiger partial charge is 0.300 e. The zero-order valence-electron chi connectivity index (χ0n) is 21.1. The Morgan fingerprint density at radius 3 is 2.05 bits per heavy atom. The van der Waals surface area contributed by atoms with Crippen molar-refractivity contribution in [2.45, 2.75) is 6.04 Å². The maximum absolute atomic E-state index is 13.4. The lowest BCUT2D eigenvalue weighted by Gasteiger charge is -2.26. The van der Waals surface area contributed by atoms with E-state index in [1.165, 1.54) is 32.3 Å². The molecule has 1 atom stereocenters. The average Bonchev–Trinajstić information content (AvgIpc) is 3.17. The predicted octanol–water partition coefficient (Wildman–Crippen LogP) is 5.06. The highest BCUT2D eigenvalue weighted by molar-refractivity contribution is 6.51. The normalized spacial score (nSPS) is 16.6. The molecule has 3 aromatic carbocycles. The molecule has 37 heavy (non-hydrogen) atoms. The van der Waals surface area contributed by atoms with Gasteiger partial charge in [-0.1, -0.05) is 23.7 Å². The Morgan fingerprint density at radius 2 is 1.49 bits per heavy atom. The topological polar surface area (TPSA) is 88.5 Å². The predicted molar refractivity (Wildman–Crippen MR) is 143 cm³/mol. The van der Waals surface area contributed by atoms with Gasteiger partial charge >= 0.3 is 0 Å². The summed E-state index contributed by atoms with van der Waals surface area (Å²) < 4.78 is 15.9. The molecule has 9 heteroatoms. The van der Waals surface area contributed by atoms with Crippen molar-refractivity contribution in [3.05, 3.63) is 82.4 Å². The number of rotatable bonds is 7. The third-order valence-electron chi connectivity index (χ3n) is 6.24. The number of hydrogen-bond acceptors (Lipinski definition) is 7. The van der Waals surface area contributed by atoms with Crippen molar-refractivity contribution < 1.29 is 28.9 Å². The summed E-state index contributed by atoms with van der Waals surface area (Å²) >= 11 is 6.28. The number of carbonyl (C=O) groups is 2. The quantitative estimate of drug-likeness (QED) is 0.263. The fraction of sp³-hybridized carbons (Fsp3) is 0.214.